The van der Waals surface area contributed by atoms with Crippen molar-refractivity contribution in [2.45, 2.75) is 39.0 Å². The maximum atomic E-state index is 13.2. The van der Waals surface area contributed by atoms with Crippen LogP contribution in [-0.4, -0.2) is 41.5 Å². The molecule has 1 saturated heterocycles. The minimum atomic E-state index is -4.69. The molecule has 2 fully saturated rings. The standard InChI is InChI=1S/C26H28ClF3N4O2/c1-3-21-22(20-12-17(27)15-31-23(20)33(21)2)24(35)32-14-16-13-25(16)8-10-34(11-9-25)18-4-6-19(7-5-18)36-26(28,29)30/h4-7,12,15-16H,3,8-11,13-14H2,1-2H3,(H,32,35). The second kappa shape index (κ2) is 9.18. The minimum absolute atomic E-state index is 0.0952. The lowest BCUT2D eigenvalue weighted by Crippen LogP contribution is -2.36. The molecule has 1 aliphatic heterocycles. The average molecular weight is 521 g/mol. The highest BCUT2D eigenvalue weighted by atomic mass is 35.5. The van der Waals surface area contributed by atoms with Crippen molar-refractivity contribution >= 4 is 34.2 Å². The van der Waals surface area contributed by atoms with E-state index in [1.54, 1.807) is 24.4 Å². The first-order valence-corrected chi connectivity index (χ1v) is 12.5. The maximum absolute atomic E-state index is 13.2. The van der Waals surface area contributed by atoms with Crippen LogP contribution in [-0.2, 0) is 13.5 Å². The molecule has 1 atom stereocenters. The largest absolute Gasteiger partial charge is 0.573 e. The smallest absolute Gasteiger partial charge is 0.406 e. The van der Waals surface area contributed by atoms with E-state index in [0.29, 0.717) is 29.5 Å². The van der Waals surface area contributed by atoms with Crippen LogP contribution in [0.5, 0.6) is 5.75 Å². The van der Waals surface area contributed by atoms with Crippen molar-refractivity contribution in [3.8, 4) is 5.75 Å². The van der Waals surface area contributed by atoms with Gasteiger partial charge in [0, 0.05) is 49.6 Å². The molecule has 2 aromatic heterocycles. The summed E-state index contributed by atoms with van der Waals surface area (Å²) in [4.78, 5) is 19.8. The van der Waals surface area contributed by atoms with Crippen LogP contribution in [0.3, 0.4) is 0 Å². The molecule has 192 valence electrons. The molecule has 0 radical (unpaired) electrons. The van der Waals surface area contributed by atoms with Gasteiger partial charge >= 0.3 is 6.36 Å². The molecule has 1 amide bonds. The Morgan fingerprint density at radius 2 is 1.94 bits per heavy atom. The number of alkyl halides is 3. The van der Waals surface area contributed by atoms with Gasteiger partial charge in [0.25, 0.3) is 5.91 Å². The summed E-state index contributed by atoms with van der Waals surface area (Å²) >= 11 is 6.17. The van der Waals surface area contributed by atoms with E-state index < -0.39 is 6.36 Å². The fraction of sp³-hybridized carbons (Fsp3) is 0.462. The number of amides is 1. The highest BCUT2D eigenvalue weighted by Gasteiger charge is 2.54. The summed E-state index contributed by atoms with van der Waals surface area (Å²) in [6, 6.07) is 7.83. The third kappa shape index (κ3) is 4.73. The first kappa shape index (κ1) is 24.7. The van der Waals surface area contributed by atoms with E-state index in [1.165, 1.54) is 12.1 Å². The first-order chi connectivity index (χ1) is 17.1. The van der Waals surface area contributed by atoms with Gasteiger partial charge in [0.05, 0.1) is 10.6 Å². The van der Waals surface area contributed by atoms with E-state index in [9.17, 15) is 18.0 Å². The van der Waals surface area contributed by atoms with Crippen LogP contribution in [0.25, 0.3) is 11.0 Å². The van der Waals surface area contributed by atoms with Crippen molar-refractivity contribution in [3.63, 3.8) is 0 Å². The van der Waals surface area contributed by atoms with Crippen LogP contribution < -0.4 is 15.0 Å². The highest BCUT2D eigenvalue weighted by molar-refractivity contribution is 6.31. The normalized spacial score (nSPS) is 19.1. The summed E-state index contributed by atoms with van der Waals surface area (Å²) in [6.07, 6.45) is 0.661. The Labute approximate surface area is 212 Å². The number of nitrogens with zero attached hydrogens (tertiary/aromatic N) is 3. The fourth-order valence-electron chi connectivity index (χ4n) is 5.71. The summed E-state index contributed by atoms with van der Waals surface area (Å²) in [5, 5.41) is 4.43. The van der Waals surface area contributed by atoms with Crippen LogP contribution in [0, 0.1) is 11.3 Å². The Kier molecular flexibility index (Phi) is 6.31. The zero-order valence-corrected chi connectivity index (χ0v) is 20.9. The molecule has 3 aromatic rings. The van der Waals surface area contributed by atoms with Gasteiger partial charge in [-0.2, -0.15) is 0 Å². The van der Waals surface area contributed by atoms with Crippen molar-refractivity contribution in [1.82, 2.24) is 14.9 Å². The van der Waals surface area contributed by atoms with Gasteiger partial charge in [-0.05, 0) is 67.3 Å². The molecule has 1 N–H and O–H groups in total. The number of carbonyl (C=O) groups excluding carboxylic acids is 1. The first-order valence-electron chi connectivity index (χ1n) is 12.1. The molecule has 1 saturated carbocycles. The molecule has 5 rings (SSSR count). The second-order valence-electron chi connectivity index (χ2n) is 9.76. The number of ether oxygens (including phenoxy) is 1. The molecule has 1 unspecified atom stereocenters. The Bertz CT molecular complexity index is 1280. The predicted molar refractivity (Wildman–Crippen MR) is 133 cm³/mol. The number of fused-ring (bicyclic) bond motifs is 1. The van der Waals surface area contributed by atoms with E-state index in [2.05, 4.69) is 19.9 Å². The summed E-state index contributed by atoms with van der Waals surface area (Å²) in [5.74, 6) is 0.114. The predicted octanol–water partition coefficient (Wildman–Crippen LogP) is 5.72. The third-order valence-corrected chi connectivity index (χ3v) is 7.94. The van der Waals surface area contributed by atoms with Gasteiger partial charge in [0.1, 0.15) is 11.4 Å². The summed E-state index contributed by atoms with van der Waals surface area (Å²) in [7, 11) is 1.92. The van der Waals surface area contributed by atoms with Gasteiger partial charge in [-0.15, -0.1) is 13.2 Å². The van der Waals surface area contributed by atoms with Crippen molar-refractivity contribution < 1.29 is 22.7 Å². The summed E-state index contributed by atoms with van der Waals surface area (Å²) in [6.45, 7) is 4.30. The van der Waals surface area contributed by atoms with E-state index in [1.807, 2.05) is 18.5 Å². The molecular formula is C26H28ClF3N4O2. The highest BCUT2D eigenvalue weighted by Crippen LogP contribution is 2.59. The van der Waals surface area contributed by atoms with Gasteiger partial charge in [0.2, 0.25) is 0 Å². The topological polar surface area (TPSA) is 59.4 Å². The number of carbonyl (C=O) groups is 1. The van der Waals surface area contributed by atoms with Crippen molar-refractivity contribution in [2.75, 3.05) is 24.5 Å². The van der Waals surface area contributed by atoms with E-state index in [-0.39, 0.29) is 17.1 Å². The molecule has 1 spiro atoms. The zero-order chi connectivity index (χ0) is 25.7. The van der Waals surface area contributed by atoms with Gasteiger partial charge < -0.3 is 19.5 Å². The van der Waals surface area contributed by atoms with Gasteiger partial charge in [-0.1, -0.05) is 18.5 Å². The molecule has 0 bridgehead atoms. The number of halogens is 4. The number of pyridine rings is 1. The number of rotatable bonds is 6. The van der Waals surface area contributed by atoms with Crippen LogP contribution in [0.4, 0.5) is 18.9 Å². The molecule has 1 aromatic carbocycles. The van der Waals surface area contributed by atoms with E-state index in [4.69, 9.17) is 11.6 Å². The number of hydrogen-bond acceptors (Lipinski definition) is 4. The number of benzene rings is 1. The Morgan fingerprint density at radius 3 is 2.58 bits per heavy atom. The van der Waals surface area contributed by atoms with E-state index in [0.717, 1.165) is 54.8 Å². The molecule has 2 aliphatic rings. The summed E-state index contributed by atoms with van der Waals surface area (Å²) < 4.78 is 43.1. The molecule has 6 nitrogen and oxygen atoms in total. The molecule has 36 heavy (non-hydrogen) atoms. The molecule has 10 heteroatoms. The minimum Gasteiger partial charge on any atom is -0.406 e. The molecular weight excluding hydrogens is 493 g/mol. The van der Waals surface area contributed by atoms with Gasteiger partial charge in [-0.25, -0.2) is 4.98 Å². The van der Waals surface area contributed by atoms with Crippen LogP contribution in [0.15, 0.2) is 36.5 Å². The molecule has 3 heterocycles. The third-order valence-electron chi connectivity index (χ3n) is 7.74. The number of hydrogen-bond donors (Lipinski definition) is 1. The van der Waals surface area contributed by atoms with Gasteiger partial charge in [-0.3, -0.25) is 4.79 Å². The SMILES string of the molecule is CCc1c(C(=O)NCC2CC23CCN(c2ccc(OC(F)(F)F)cc2)CC3)c2cc(Cl)cnc2n1C. The van der Waals surface area contributed by atoms with Gasteiger partial charge in [0.15, 0.2) is 0 Å². The lowest BCUT2D eigenvalue weighted by Gasteiger charge is -2.34. The van der Waals surface area contributed by atoms with Crippen molar-refractivity contribution in [2.24, 2.45) is 18.4 Å². The number of aryl methyl sites for hydroxylation is 1. The Hall–Kier alpha value is -2.94. The summed E-state index contributed by atoms with van der Waals surface area (Å²) in [5.41, 5.74) is 3.44. The quantitative estimate of drug-likeness (QED) is 0.451. The lowest BCUT2D eigenvalue weighted by molar-refractivity contribution is -0.274. The van der Waals surface area contributed by atoms with E-state index >= 15 is 0 Å². The number of piperidine rings is 1. The van der Waals surface area contributed by atoms with Crippen LogP contribution in [0.1, 0.15) is 42.2 Å². The number of anilines is 1. The average Bonchev–Trinajstić information content (AvgIpc) is 3.43. The van der Waals surface area contributed by atoms with Crippen molar-refractivity contribution in [3.05, 3.63) is 52.8 Å². The monoisotopic (exact) mass is 520 g/mol. The zero-order valence-electron chi connectivity index (χ0n) is 20.2. The lowest BCUT2D eigenvalue weighted by atomic mass is 9.90. The van der Waals surface area contributed by atoms with Crippen LogP contribution in [0.2, 0.25) is 5.02 Å². The van der Waals surface area contributed by atoms with Crippen LogP contribution >= 0.6 is 11.6 Å². The number of nitrogens with one attached hydrogen (secondary N) is 1. The molecule has 1 aliphatic carbocycles. The second-order valence-corrected chi connectivity index (χ2v) is 10.2. The fourth-order valence-corrected chi connectivity index (χ4v) is 5.87. The number of aromatic nitrogens is 2. The Morgan fingerprint density at radius 1 is 1.25 bits per heavy atom. The maximum Gasteiger partial charge on any atom is 0.573 e. The van der Waals surface area contributed by atoms with Crippen molar-refractivity contribution in [1.29, 1.82) is 0 Å². The Balaban J connectivity index is 1.18.